The van der Waals surface area contributed by atoms with E-state index < -0.39 is 6.51 Å². The quantitative estimate of drug-likeness (QED) is 0.747. The molecule has 0 aromatic carbocycles. The van der Waals surface area contributed by atoms with Crippen molar-refractivity contribution in [2.45, 2.75) is 67.6 Å². The molecule has 0 aliphatic carbocycles. The molecule has 0 bridgehead atoms. The van der Waals surface area contributed by atoms with Crippen molar-refractivity contribution in [1.29, 1.82) is 0 Å². The minimum absolute atomic E-state index is 0.154. The van der Waals surface area contributed by atoms with E-state index in [2.05, 4.69) is 13.8 Å². The molecule has 0 aromatic rings. The summed E-state index contributed by atoms with van der Waals surface area (Å²) >= 11 is 0. The van der Waals surface area contributed by atoms with Gasteiger partial charge in [-0.3, -0.25) is 0 Å². The second-order valence-electron chi connectivity index (χ2n) is 11.4. The van der Waals surface area contributed by atoms with Crippen molar-refractivity contribution in [2.75, 3.05) is 0 Å². The zero-order valence-corrected chi connectivity index (χ0v) is 10.8. The van der Waals surface area contributed by atoms with Crippen LogP contribution in [0.3, 0.4) is 0 Å². The first-order valence-electron chi connectivity index (χ1n) is 7.29. The van der Waals surface area contributed by atoms with Crippen LogP contribution in [0.15, 0.2) is 0 Å². The molecule has 2 heteroatoms. The Hall–Kier alpha value is 0.479. The molecule has 10 heterocycles. The van der Waals surface area contributed by atoms with E-state index in [9.17, 15) is 5.11 Å². The maximum absolute atomic E-state index is 11.0. The van der Waals surface area contributed by atoms with Crippen LogP contribution in [-0.2, 0) is 6.51 Å². The van der Waals surface area contributed by atoms with Gasteiger partial charge in [0.05, 0.1) is 0 Å². The molecule has 16 heavy (non-hydrogen) atoms. The van der Waals surface area contributed by atoms with E-state index in [-0.39, 0.29) is 6.10 Å². The van der Waals surface area contributed by atoms with Crippen LogP contribution in [0.1, 0.15) is 13.8 Å². The van der Waals surface area contributed by atoms with Gasteiger partial charge < -0.3 is 0 Å². The molecule has 0 aromatic heterocycles. The standard InChI is InChI=1S/C9H13O.C5H5.Fe/c1-7(2)9(10)8-5-3-4-6-8;1-2-4-5-3-1;/h3-7,9-10H,1-2H3;1-5H;. The summed E-state index contributed by atoms with van der Waals surface area (Å²) in [7, 11) is 0. The van der Waals surface area contributed by atoms with Gasteiger partial charge in [-0.15, -0.1) is 0 Å². The van der Waals surface area contributed by atoms with Gasteiger partial charge in [-0.25, -0.2) is 0 Å². The number of aliphatic hydroxyl groups is 1. The van der Waals surface area contributed by atoms with E-state index in [1.807, 2.05) is 0 Å². The first-order chi connectivity index (χ1) is 7.40. The molecule has 5 unspecified atom stereocenters. The van der Waals surface area contributed by atoms with E-state index in [0.29, 0.717) is 5.92 Å². The van der Waals surface area contributed by atoms with Crippen LogP contribution in [0.25, 0.3) is 0 Å². The summed E-state index contributed by atoms with van der Waals surface area (Å²) in [6.07, 6.45) is 0.154. The van der Waals surface area contributed by atoms with Gasteiger partial charge in [-0.05, 0) is 0 Å². The molecule has 1 N–H and O–H groups in total. The van der Waals surface area contributed by atoms with Crippen molar-refractivity contribution >= 4 is 0 Å². The summed E-state index contributed by atoms with van der Waals surface area (Å²) in [5.74, 6) is 0.555. The molecule has 10 fully saturated rings. The van der Waals surface area contributed by atoms with E-state index in [4.69, 9.17) is 0 Å². The van der Waals surface area contributed by atoms with Gasteiger partial charge in [-0.1, -0.05) is 0 Å². The molecule has 10 saturated heterocycles. The number of fused-ring (bicyclic) bond motifs is 10. The van der Waals surface area contributed by atoms with Crippen molar-refractivity contribution in [3.05, 3.63) is 0 Å². The van der Waals surface area contributed by atoms with Crippen molar-refractivity contribution in [3.63, 3.8) is 0 Å². The Bertz CT molecular complexity index is 847. The van der Waals surface area contributed by atoms with Gasteiger partial charge in [-0.2, -0.15) is 0 Å². The second-order valence-corrected chi connectivity index (χ2v) is 35.0. The predicted molar refractivity (Wildman–Crippen MR) is 57.3 cm³/mol. The first kappa shape index (κ1) is 6.08. The Morgan fingerprint density at radius 1 is 0.875 bits per heavy atom. The second kappa shape index (κ2) is 0.455. The predicted octanol–water partition coefficient (Wildman–Crippen LogP) is 3.76. The fourth-order valence-electron chi connectivity index (χ4n) is 17.7. The SMILES string of the molecule is CC(C)C(O)[C]12[CH]3[CH]4[CH]5[CH]1[Fe]45321678[CH]2[CH]1[CH]6[CH]7[CH]28. The molecule has 1 spiro atoms. The minimum atomic E-state index is -2.93. The van der Waals surface area contributed by atoms with Crippen molar-refractivity contribution < 1.29 is 11.6 Å². The van der Waals surface area contributed by atoms with E-state index in [1.165, 1.54) is 43.3 Å². The fraction of sp³-hybridized carbons (Fsp3) is 1.00. The molecular formula is C14H18FeO. The van der Waals surface area contributed by atoms with E-state index >= 15 is 0 Å². The summed E-state index contributed by atoms with van der Waals surface area (Å²) < 4.78 is 0.729. The Labute approximate surface area is 85.3 Å². The third-order valence-corrected chi connectivity index (χ3v) is 58.5. The third-order valence-electron chi connectivity index (χ3n) is 15.9. The number of hydrogen-bond donors (Lipinski definition) is 1. The molecular weight excluding hydrogens is 240 g/mol. The van der Waals surface area contributed by atoms with Gasteiger partial charge in [0.1, 0.15) is 0 Å². The van der Waals surface area contributed by atoms with Crippen LogP contribution in [0.5, 0.6) is 0 Å². The summed E-state index contributed by atoms with van der Waals surface area (Å²) in [5.41, 5.74) is 0. The molecule has 88 valence electrons. The van der Waals surface area contributed by atoms with Gasteiger partial charge >= 0.3 is 85.1 Å². The molecule has 0 saturated carbocycles. The van der Waals surface area contributed by atoms with Crippen LogP contribution in [-0.4, -0.2) is 11.2 Å². The van der Waals surface area contributed by atoms with E-state index in [0.717, 1.165) is 4.31 Å². The fourth-order valence-corrected chi connectivity index (χ4v) is 92.7. The van der Waals surface area contributed by atoms with Crippen molar-refractivity contribution in [2.24, 2.45) is 5.92 Å². The molecule has 10 rings (SSSR count). The van der Waals surface area contributed by atoms with Crippen LogP contribution in [0.2, 0.25) is 47.7 Å². The normalized spacial score (nSPS) is 128. The Kier molecular flexibility index (Phi) is 0.173. The zero-order valence-electron chi connectivity index (χ0n) is 9.65. The molecule has 0 amide bonds. The first-order valence-corrected chi connectivity index (χ1v) is 13.6. The summed E-state index contributed by atoms with van der Waals surface area (Å²) in [5, 5.41) is 11.0. The summed E-state index contributed by atoms with van der Waals surface area (Å²) in [4.78, 5) is 12.2. The number of aliphatic hydroxyl groups excluding tert-OH is 1. The number of hydrogen-bond acceptors (Lipinski definition) is 1. The van der Waals surface area contributed by atoms with Gasteiger partial charge in [0.15, 0.2) is 0 Å². The van der Waals surface area contributed by atoms with Gasteiger partial charge in [0, 0.05) is 0 Å². The summed E-state index contributed by atoms with van der Waals surface area (Å²) in [6, 6.07) is 0. The summed E-state index contributed by atoms with van der Waals surface area (Å²) in [6.45, 7) is 1.64. The molecule has 5 atom stereocenters. The van der Waals surface area contributed by atoms with Gasteiger partial charge in [0.2, 0.25) is 0 Å². The Morgan fingerprint density at radius 3 is 1.50 bits per heavy atom. The van der Waals surface area contributed by atoms with Crippen LogP contribution < -0.4 is 0 Å². The average Bonchev–Trinajstić information content (AvgIpc) is 3.20. The van der Waals surface area contributed by atoms with Crippen LogP contribution in [0, 0.1) is 5.92 Å². The van der Waals surface area contributed by atoms with Crippen LogP contribution in [0.4, 0.5) is 0 Å². The van der Waals surface area contributed by atoms with Crippen molar-refractivity contribution in [1.82, 2.24) is 0 Å². The van der Waals surface area contributed by atoms with Gasteiger partial charge in [0.25, 0.3) is 0 Å². The number of rotatable bonds is 2. The Balaban J connectivity index is 1.66. The van der Waals surface area contributed by atoms with Crippen molar-refractivity contribution in [3.8, 4) is 0 Å². The average molecular weight is 258 g/mol. The topological polar surface area (TPSA) is 20.2 Å². The van der Waals surface area contributed by atoms with E-state index in [1.54, 1.807) is 0 Å². The zero-order chi connectivity index (χ0) is 10.2. The molecule has 1 nitrogen and oxygen atoms in total. The Morgan fingerprint density at radius 2 is 1.31 bits per heavy atom. The van der Waals surface area contributed by atoms with Crippen LogP contribution >= 0.6 is 0 Å². The third kappa shape index (κ3) is 0.0527. The molecule has 10 aliphatic heterocycles. The monoisotopic (exact) mass is 258 g/mol. The molecule has 0 radical (unpaired) electrons. The molecule has 10 aliphatic rings. The maximum atomic E-state index is 11.0.